The van der Waals surface area contributed by atoms with E-state index in [0.717, 1.165) is 25.1 Å². The number of nitrogens with one attached hydrogen (secondary N) is 1. The number of hydrogen-bond donors (Lipinski definition) is 1. The van der Waals surface area contributed by atoms with Gasteiger partial charge >= 0.3 is 0 Å². The highest BCUT2D eigenvalue weighted by atomic mass is 35.5. The van der Waals surface area contributed by atoms with Crippen LogP contribution in [0.1, 0.15) is 18.4 Å². The van der Waals surface area contributed by atoms with E-state index in [9.17, 15) is 4.79 Å². The van der Waals surface area contributed by atoms with Crippen LogP contribution < -0.4 is 5.32 Å². The molecule has 1 amide bonds. The van der Waals surface area contributed by atoms with Gasteiger partial charge in [-0.15, -0.1) is 0 Å². The van der Waals surface area contributed by atoms with Gasteiger partial charge < -0.3 is 10.2 Å². The first-order chi connectivity index (χ1) is 9.04. The molecule has 2 rings (SSSR count). The Morgan fingerprint density at radius 1 is 1.37 bits per heavy atom. The van der Waals surface area contributed by atoms with E-state index in [4.69, 9.17) is 23.2 Å². The average Bonchev–Trinajstić information content (AvgIpc) is 2.80. The Morgan fingerprint density at radius 2 is 2.05 bits per heavy atom. The number of hydrogen-bond acceptors (Lipinski definition) is 2. The van der Waals surface area contributed by atoms with Gasteiger partial charge in [0.25, 0.3) is 0 Å². The van der Waals surface area contributed by atoms with E-state index >= 15 is 0 Å². The molecular weight excluding hydrogens is 283 g/mol. The highest BCUT2D eigenvalue weighted by molar-refractivity contribution is 6.34. The van der Waals surface area contributed by atoms with Crippen molar-refractivity contribution in [2.45, 2.75) is 19.4 Å². The fourth-order valence-electron chi connectivity index (χ4n) is 2.36. The molecule has 1 aromatic rings. The summed E-state index contributed by atoms with van der Waals surface area (Å²) in [4.78, 5) is 13.8. The van der Waals surface area contributed by atoms with E-state index < -0.39 is 0 Å². The number of benzene rings is 1. The molecule has 1 fully saturated rings. The molecule has 1 aromatic carbocycles. The zero-order valence-corrected chi connectivity index (χ0v) is 12.5. The lowest BCUT2D eigenvalue weighted by Crippen LogP contribution is -2.28. The number of rotatable bonds is 4. The number of halogens is 2. The summed E-state index contributed by atoms with van der Waals surface area (Å²) in [6.45, 7) is 2.51. The molecule has 1 unspecified atom stereocenters. The maximum atomic E-state index is 12.1. The van der Waals surface area contributed by atoms with Crippen LogP contribution in [0, 0.1) is 5.92 Å². The Kier molecular flexibility index (Phi) is 5.08. The van der Waals surface area contributed by atoms with Gasteiger partial charge in [0.2, 0.25) is 5.91 Å². The van der Waals surface area contributed by atoms with E-state index in [0.29, 0.717) is 28.9 Å². The van der Waals surface area contributed by atoms with Crippen LogP contribution in [-0.2, 0) is 11.3 Å². The molecule has 5 heteroatoms. The van der Waals surface area contributed by atoms with Gasteiger partial charge in [-0.3, -0.25) is 4.79 Å². The van der Waals surface area contributed by atoms with Crippen molar-refractivity contribution in [1.82, 2.24) is 10.2 Å². The smallest absolute Gasteiger partial charge is 0.222 e. The highest BCUT2D eigenvalue weighted by Gasteiger charge is 2.20. The van der Waals surface area contributed by atoms with Crippen LogP contribution in [0.4, 0.5) is 0 Å². The van der Waals surface area contributed by atoms with Gasteiger partial charge in [0.05, 0.1) is 0 Å². The van der Waals surface area contributed by atoms with E-state index in [1.54, 1.807) is 11.0 Å². The molecule has 1 heterocycles. The molecule has 19 heavy (non-hydrogen) atoms. The molecule has 0 bridgehead atoms. The third-order valence-corrected chi connectivity index (χ3v) is 3.83. The second-order valence-electron chi connectivity index (χ2n) is 5.09. The lowest BCUT2D eigenvalue weighted by molar-refractivity contribution is -0.131. The van der Waals surface area contributed by atoms with Gasteiger partial charge in [-0.1, -0.05) is 23.2 Å². The Labute approximate surface area is 123 Å². The summed E-state index contributed by atoms with van der Waals surface area (Å²) in [5.74, 6) is 0.641. The largest absolute Gasteiger partial charge is 0.341 e. The molecular formula is C14H18Cl2N2O. The maximum Gasteiger partial charge on any atom is 0.222 e. The summed E-state index contributed by atoms with van der Waals surface area (Å²) in [5, 5.41) is 4.48. The SMILES string of the molecule is CN(Cc1cc(Cl)cc(Cl)c1)C(=O)CC1CCNC1. The van der Waals surface area contributed by atoms with Crippen molar-refractivity contribution in [3.05, 3.63) is 33.8 Å². The Hall–Kier alpha value is -0.770. The summed E-state index contributed by atoms with van der Waals surface area (Å²) in [6.07, 6.45) is 1.69. The normalized spacial score (nSPS) is 18.6. The Bertz CT molecular complexity index is 439. The van der Waals surface area contributed by atoms with E-state index in [1.807, 2.05) is 19.2 Å². The van der Waals surface area contributed by atoms with Crippen molar-refractivity contribution in [2.75, 3.05) is 20.1 Å². The summed E-state index contributed by atoms with van der Waals surface area (Å²) in [6, 6.07) is 5.38. The molecule has 0 saturated carbocycles. The average molecular weight is 301 g/mol. The molecule has 0 radical (unpaired) electrons. The molecule has 1 N–H and O–H groups in total. The molecule has 0 aromatic heterocycles. The van der Waals surface area contributed by atoms with E-state index in [-0.39, 0.29) is 5.91 Å². The predicted octanol–water partition coefficient (Wildman–Crippen LogP) is 2.95. The zero-order valence-electron chi connectivity index (χ0n) is 11.0. The van der Waals surface area contributed by atoms with Gasteiger partial charge in [0.15, 0.2) is 0 Å². The number of carbonyl (C=O) groups excluding carboxylic acids is 1. The third-order valence-electron chi connectivity index (χ3n) is 3.39. The van der Waals surface area contributed by atoms with Crippen molar-refractivity contribution in [3.63, 3.8) is 0 Å². The van der Waals surface area contributed by atoms with Gasteiger partial charge in [-0.05, 0) is 49.2 Å². The number of amides is 1. The van der Waals surface area contributed by atoms with Crippen LogP contribution in [-0.4, -0.2) is 30.9 Å². The van der Waals surface area contributed by atoms with Gasteiger partial charge in [-0.25, -0.2) is 0 Å². The lowest BCUT2D eigenvalue weighted by atomic mass is 10.0. The van der Waals surface area contributed by atoms with Crippen LogP contribution >= 0.6 is 23.2 Å². The maximum absolute atomic E-state index is 12.1. The second-order valence-corrected chi connectivity index (χ2v) is 5.96. The van der Waals surface area contributed by atoms with Gasteiger partial charge in [0, 0.05) is 30.1 Å². The van der Waals surface area contributed by atoms with Crippen molar-refractivity contribution in [1.29, 1.82) is 0 Å². The predicted molar refractivity (Wildman–Crippen MR) is 78.5 cm³/mol. The van der Waals surface area contributed by atoms with E-state index in [1.165, 1.54) is 0 Å². The minimum atomic E-state index is 0.171. The van der Waals surface area contributed by atoms with Crippen molar-refractivity contribution >= 4 is 29.1 Å². The standard InChI is InChI=1S/C14H18Cl2N2O/c1-18(14(19)6-10-2-3-17-8-10)9-11-4-12(15)7-13(16)5-11/h4-5,7,10,17H,2-3,6,8-9H2,1H3. The van der Waals surface area contributed by atoms with Crippen LogP contribution in [0.2, 0.25) is 10.0 Å². The minimum absolute atomic E-state index is 0.171. The molecule has 1 aliphatic heterocycles. The second kappa shape index (κ2) is 6.60. The number of nitrogens with zero attached hydrogens (tertiary/aromatic N) is 1. The number of carbonyl (C=O) groups is 1. The molecule has 0 spiro atoms. The lowest BCUT2D eigenvalue weighted by Gasteiger charge is -2.19. The first kappa shape index (κ1) is 14.6. The molecule has 0 aliphatic carbocycles. The quantitative estimate of drug-likeness (QED) is 0.927. The van der Waals surface area contributed by atoms with Crippen molar-refractivity contribution in [3.8, 4) is 0 Å². The van der Waals surface area contributed by atoms with Crippen LogP contribution in [0.3, 0.4) is 0 Å². The highest BCUT2D eigenvalue weighted by Crippen LogP contribution is 2.20. The zero-order chi connectivity index (χ0) is 13.8. The summed E-state index contributed by atoms with van der Waals surface area (Å²) in [7, 11) is 1.82. The topological polar surface area (TPSA) is 32.3 Å². The van der Waals surface area contributed by atoms with Crippen molar-refractivity contribution < 1.29 is 4.79 Å². The van der Waals surface area contributed by atoms with Crippen LogP contribution in [0.15, 0.2) is 18.2 Å². The molecule has 104 valence electrons. The first-order valence-electron chi connectivity index (χ1n) is 6.44. The molecule has 1 saturated heterocycles. The first-order valence-corrected chi connectivity index (χ1v) is 7.20. The molecule has 1 aliphatic rings. The Balaban J connectivity index is 1.91. The van der Waals surface area contributed by atoms with Crippen molar-refractivity contribution in [2.24, 2.45) is 5.92 Å². The third kappa shape index (κ3) is 4.37. The summed E-state index contributed by atoms with van der Waals surface area (Å²) in [5.41, 5.74) is 0.956. The van der Waals surface area contributed by atoms with Crippen LogP contribution in [0.25, 0.3) is 0 Å². The van der Waals surface area contributed by atoms with Gasteiger partial charge in [0.1, 0.15) is 0 Å². The summed E-state index contributed by atoms with van der Waals surface area (Å²) >= 11 is 11.9. The van der Waals surface area contributed by atoms with Crippen LogP contribution in [0.5, 0.6) is 0 Å². The molecule has 3 nitrogen and oxygen atoms in total. The fourth-order valence-corrected chi connectivity index (χ4v) is 2.93. The van der Waals surface area contributed by atoms with Gasteiger partial charge in [-0.2, -0.15) is 0 Å². The Morgan fingerprint density at radius 3 is 2.63 bits per heavy atom. The fraction of sp³-hybridized carbons (Fsp3) is 0.500. The minimum Gasteiger partial charge on any atom is -0.341 e. The monoisotopic (exact) mass is 300 g/mol. The van der Waals surface area contributed by atoms with E-state index in [2.05, 4.69) is 5.32 Å². The summed E-state index contributed by atoms with van der Waals surface area (Å²) < 4.78 is 0. The molecule has 1 atom stereocenters.